The predicted molar refractivity (Wildman–Crippen MR) is 264 cm³/mol. The molecule has 0 saturated carbocycles. The van der Waals surface area contributed by atoms with E-state index in [0.717, 1.165) is 110 Å². The largest absolute Gasteiger partial charge is 0.457 e. The predicted octanol–water partition coefficient (Wildman–Crippen LogP) is 15.2. The third-order valence-electron chi connectivity index (χ3n) is 11.7. The van der Waals surface area contributed by atoms with Crippen molar-refractivity contribution in [3.05, 3.63) is 150 Å². The molecule has 4 aromatic carbocycles. The highest BCUT2D eigenvalue weighted by atomic mass is 16.5. The van der Waals surface area contributed by atoms with Crippen molar-refractivity contribution < 1.29 is 9.47 Å². The van der Waals surface area contributed by atoms with Crippen molar-refractivity contribution in [2.24, 2.45) is 23.7 Å². The van der Waals surface area contributed by atoms with E-state index in [9.17, 15) is 0 Å². The Bertz CT molecular complexity index is 2690. The number of pyridine rings is 2. The van der Waals surface area contributed by atoms with E-state index in [1.165, 1.54) is 11.1 Å². The average molecular weight is 850 g/mol. The second-order valence-corrected chi connectivity index (χ2v) is 19.4. The van der Waals surface area contributed by atoms with Crippen LogP contribution in [0, 0.1) is 23.7 Å². The second-order valence-electron chi connectivity index (χ2n) is 19.4. The summed E-state index contributed by atoms with van der Waals surface area (Å²) in [5, 5.41) is 2.27. The number of aromatic nitrogens is 5. The zero-order valence-electron chi connectivity index (χ0n) is 39.3. The normalized spacial score (nSPS) is 11.9. The van der Waals surface area contributed by atoms with E-state index in [1.807, 2.05) is 61.2 Å². The molecule has 8 rings (SSSR count). The lowest BCUT2D eigenvalue weighted by Gasteiger charge is -2.18. The third kappa shape index (κ3) is 9.89. The molecule has 0 N–H and O–H groups in total. The fraction of sp³-hybridized carbons (Fsp3) is 0.333. The molecule has 0 fully saturated rings. The van der Waals surface area contributed by atoms with Gasteiger partial charge in [-0.25, -0.2) is 9.97 Å². The van der Waals surface area contributed by atoms with Gasteiger partial charge in [0.05, 0.1) is 22.4 Å². The molecule has 0 spiro atoms. The number of hydrogen-bond donors (Lipinski definition) is 0. The van der Waals surface area contributed by atoms with Crippen LogP contribution < -0.4 is 9.47 Å². The Morgan fingerprint density at radius 1 is 0.438 bits per heavy atom. The van der Waals surface area contributed by atoms with Crippen LogP contribution in [0.25, 0.3) is 50.3 Å². The summed E-state index contributed by atoms with van der Waals surface area (Å²) in [6, 6.07) is 34.3. The minimum Gasteiger partial charge on any atom is -0.457 e. The molecular formula is C57H63N5O2. The van der Waals surface area contributed by atoms with Crippen molar-refractivity contribution in [2.45, 2.75) is 101 Å². The van der Waals surface area contributed by atoms with Crippen LogP contribution in [0.5, 0.6) is 23.0 Å². The van der Waals surface area contributed by atoms with Crippen LogP contribution in [-0.2, 0) is 25.7 Å². The first-order valence-corrected chi connectivity index (χ1v) is 23.2. The lowest BCUT2D eigenvalue weighted by molar-refractivity contribution is 0.461. The first-order chi connectivity index (χ1) is 30.8. The number of rotatable bonds is 16. The lowest BCUT2D eigenvalue weighted by Crippen LogP contribution is -2.05. The topological polar surface area (TPSA) is 75.0 Å². The Hall–Kier alpha value is -6.34. The van der Waals surface area contributed by atoms with Crippen molar-refractivity contribution >= 4 is 21.8 Å². The van der Waals surface area contributed by atoms with E-state index in [1.54, 1.807) is 0 Å². The van der Waals surface area contributed by atoms with E-state index in [0.29, 0.717) is 35.5 Å². The van der Waals surface area contributed by atoms with Gasteiger partial charge in [-0.15, -0.1) is 0 Å². The molecule has 328 valence electrons. The van der Waals surface area contributed by atoms with Gasteiger partial charge in [0.1, 0.15) is 23.0 Å². The summed E-state index contributed by atoms with van der Waals surface area (Å²) in [6.07, 6.45) is 11.1. The summed E-state index contributed by atoms with van der Waals surface area (Å²) in [6.45, 7) is 22.4. The molecule has 0 aliphatic heterocycles. The number of benzene rings is 4. The van der Waals surface area contributed by atoms with Crippen molar-refractivity contribution in [3.63, 3.8) is 0 Å². The van der Waals surface area contributed by atoms with Gasteiger partial charge >= 0.3 is 0 Å². The van der Waals surface area contributed by atoms with Crippen molar-refractivity contribution in [3.8, 4) is 51.5 Å². The Kier molecular flexibility index (Phi) is 13.3. The van der Waals surface area contributed by atoms with E-state index in [2.05, 4.69) is 144 Å². The Morgan fingerprint density at radius 2 is 0.844 bits per heavy atom. The number of nitrogens with zero attached hydrogens (tertiary/aromatic N) is 5. The van der Waals surface area contributed by atoms with Crippen molar-refractivity contribution in [1.82, 2.24) is 24.5 Å². The van der Waals surface area contributed by atoms with Crippen molar-refractivity contribution in [2.75, 3.05) is 0 Å². The molecule has 0 radical (unpaired) electrons. The molecular weight excluding hydrogens is 787 g/mol. The van der Waals surface area contributed by atoms with Crippen LogP contribution in [0.3, 0.4) is 0 Å². The van der Waals surface area contributed by atoms with Gasteiger partial charge in [-0.3, -0.25) is 14.5 Å². The minimum absolute atomic E-state index is 0.299. The third-order valence-corrected chi connectivity index (χ3v) is 11.7. The summed E-state index contributed by atoms with van der Waals surface area (Å²) in [4.78, 5) is 19.5. The zero-order valence-corrected chi connectivity index (χ0v) is 39.3. The first kappa shape index (κ1) is 44.3. The maximum Gasteiger partial charge on any atom is 0.234 e. The van der Waals surface area contributed by atoms with Crippen molar-refractivity contribution in [1.29, 1.82) is 0 Å². The van der Waals surface area contributed by atoms with Gasteiger partial charge < -0.3 is 9.47 Å². The second kappa shape index (κ2) is 19.2. The zero-order chi connectivity index (χ0) is 45.1. The fourth-order valence-corrected chi connectivity index (χ4v) is 8.65. The van der Waals surface area contributed by atoms with E-state index >= 15 is 0 Å². The molecule has 7 nitrogen and oxygen atoms in total. The quantitative estimate of drug-likeness (QED) is 0.0964. The van der Waals surface area contributed by atoms with Gasteiger partial charge in [0.25, 0.3) is 0 Å². The van der Waals surface area contributed by atoms with E-state index in [-0.39, 0.29) is 0 Å². The fourth-order valence-electron chi connectivity index (χ4n) is 8.65. The molecule has 4 heterocycles. The molecule has 0 aliphatic carbocycles. The molecule has 0 bridgehead atoms. The Morgan fingerprint density at radius 3 is 1.22 bits per heavy atom. The van der Waals surface area contributed by atoms with Gasteiger partial charge in [-0.2, -0.15) is 0 Å². The maximum absolute atomic E-state index is 7.21. The van der Waals surface area contributed by atoms with Crippen LogP contribution in [0.15, 0.2) is 122 Å². The Balaban J connectivity index is 1.37. The van der Waals surface area contributed by atoms with Crippen LogP contribution in [0.4, 0.5) is 0 Å². The highest BCUT2D eigenvalue weighted by molar-refractivity contribution is 6.10. The molecule has 64 heavy (non-hydrogen) atoms. The summed E-state index contributed by atoms with van der Waals surface area (Å²) in [5.41, 5.74) is 11.6. The number of ether oxygens (including phenoxy) is 2. The molecule has 0 amide bonds. The van der Waals surface area contributed by atoms with Gasteiger partial charge in [0.2, 0.25) is 5.95 Å². The average Bonchev–Trinajstić information content (AvgIpc) is 3.56. The SMILES string of the molecule is CC(C)Cc1ccc(-c2ccccn2)cc1Oc1cc2c(cc1CC(C)C)c1cc(CC(C)C)c(Oc3cc(-c4ccccn4)ccc3CC(C)C)cc1n2-c1ncc(C(C)C)cn1. The highest BCUT2D eigenvalue weighted by Crippen LogP contribution is 2.43. The summed E-state index contributed by atoms with van der Waals surface area (Å²) >= 11 is 0. The summed E-state index contributed by atoms with van der Waals surface area (Å²) in [5.74, 6) is 5.95. The van der Waals surface area contributed by atoms with Crippen LogP contribution in [0.2, 0.25) is 0 Å². The number of hydrogen-bond acceptors (Lipinski definition) is 6. The molecule has 0 unspecified atom stereocenters. The molecule has 0 aliphatic rings. The van der Waals surface area contributed by atoms with Gasteiger partial charge in [0, 0.05) is 58.8 Å². The maximum atomic E-state index is 7.21. The summed E-state index contributed by atoms with van der Waals surface area (Å²) in [7, 11) is 0. The molecule has 4 aromatic heterocycles. The standard InChI is InChI=1S/C57H63N5O2/c1-35(2)23-42-19-17-40(49-15-11-13-21-58-49)29-53(42)63-55-31-51-47(27-44(55)25-37(5)6)48-28-45(26-38(7)8)56(32-52(48)62(51)57-60-33-46(34-61-57)39(9)10)64-54-30-41(50-16-12-14-22-59-50)18-20-43(54)24-36(3)4/h11-22,27-39H,23-26H2,1-10H3. The number of fused-ring (bicyclic) bond motifs is 3. The van der Waals surface area contributed by atoms with Gasteiger partial charge in [-0.05, 0) is 132 Å². The monoisotopic (exact) mass is 849 g/mol. The highest BCUT2D eigenvalue weighted by Gasteiger charge is 2.23. The van der Waals surface area contributed by atoms with Gasteiger partial charge in [0.15, 0.2) is 0 Å². The smallest absolute Gasteiger partial charge is 0.234 e. The van der Waals surface area contributed by atoms with Crippen LogP contribution in [0.1, 0.15) is 103 Å². The van der Waals surface area contributed by atoms with E-state index < -0.39 is 0 Å². The van der Waals surface area contributed by atoms with Gasteiger partial charge in [-0.1, -0.05) is 106 Å². The minimum atomic E-state index is 0.299. The molecule has 0 saturated heterocycles. The molecule has 8 aromatic rings. The van der Waals surface area contributed by atoms with Crippen LogP contribution in [-0.4, -0.2) is 24.5 Å². The Labute approximate surface area is 380 Å². The lowest BCUT2D eigenvalue weighted by atomic mass is 9.97. The molecule has 7 heteroatoms. The summed E-state index contributed by atoms with van der Waals surface area (Å²) < 4.78 is 16.6. The molecule has 0 atom stereocenters. The van der Waals surface area contributed by atoms with E-state index in [4.69, 9.17) is 19.4 Å². The van der Waals surface area contributed by atoms with Crippen LogP contribution >= 0.6 is 0 Å². The first-order valence-electron chi connectivity index (χ1n) is 23.2.